The molecule has 0 saturated carbocycles. The van der Waals surface area contributed by atoms with E-state index in [2.05, 4.69) is 0 Å². The van der Waals surface area contributed by atoms with Gasteiger partial charge in [-0.2, -0.15) is 0 Å². The molecular weight excluding hydrogens is 314 g/mol. The number of hydrogen-bond acceptors (Lipinski definition) is 4. The second kappa shape index (κ2) is 6.10. The number of anilines is 1. The molecule has 2 aromatic rings. The van der Waals surface area contributed by atoms with E-state index in [0.717, 1.165) is 16.7 Å². The molecule has 0 aromatic heterocycles. The van der Waals surface area contributed by atoms with Crippen LogP contribution in [0.25, 0.3) is 6.08 Å². The number of carboxylic acid groups (broad SMARTS) is 1. The lowest BCUT2D eigenvalue weighted by molar-refractivity contribution is -0.113. The Kier molecular flexibility index (Phi) is 3.99. The fraction of sp³-hybridized carbons (Fsp3) is 0. The highest BCUT2D eigenvalue weighted by Gasteiger charge is 2.36. The van der Waals surface area contributed by atoms with Crippen molar-refractivity contribution in [2.24, 2.45) is 0 Å². The number of nitrogens with zero attached hydrogens (tertiary/aromatic N) is 1. The molecule has 1 fully saturated rings. The van der Waals surface area contributed by atoms with Crippen LogP contribution in [0, 0.1) is 0 Å². The average Bonchev–Trinajstić information content (AvgIpc) is 2.82. The zero-order valence-corrected chi connectivity index (χ0v) is 12.6. The highest BCUT2D eigenvalue weighted by Crippen LogP contribution is 2.35. The smallest absolute Gasteiger partial charge is 0.335 e. The zero-order chi connectivity index (χ0) is 16.4. The highest BCUT2D eigenvalue weighted by molar-refractivity contribution is 8.19. The number of carboxylic acids is 1. The molecule has 1 saturated heterocycles. The van der Waals surface area contributed by atoms with Crippen molar-refractivity contribution < 1.29 is 19.5 Å². The van der Waals surface area contributed by atoms with E-state index < -0.39 is 11.9 Å². The molecule has 1 aliphatic heterocycles. The van der Waals surface area contributed by atoms with Gasteiger partial charge in [0.05, 0.1) is 16.2 Å². The molecule has 0 unspecified atom stereocenters. The molecule has 1 heterocycles. The van der Waals surface area contributed by atoms with E-state index in [1.54, 1.807) is 42.5 Å². The minimum atomic E-state index is -1.04. The molecule has 3 rings (SSSR count). The Morgan fingerprint density at radius 1 is 1.04 bits per heavy atom. The van der Waals surface area contributed by atoms with Crippen LogP contribution < -0.4 is 4.90 Å². The fourth-order valence-corrected chi connectivity index (χ4v) is 3.02. The Morgan fingerprint density at radius 3 is 2.48 bits per heavy atom. The first-order valence-electron chi connectivity index (χ1n) is 6.72. The molecule has 0 radical (unpaired) electrons. The number of rotatable bonds is 3. The maximum atomic E-state index is 12.4. The van der Waals surface area contributed by atoms with Crippen LogP contribution in [0.2, 0.25) is 0 Å². The van der Waals surface area contributed by atoms with Gasteiger partial charge < -0.3 is 5.11 Å². The fourth-order valence-electron chi connectivity index (χ4n) is 2.18. The van der Waals surface area contributed by atoms with Crippen molar-refractivity contribution in [3.8, 4) is 0 Å². The normalized spacial score (nSPS) is 16.2. The zero-order valence-electron chi connectivity index (χ0n) is 11.8. The summed E-state index contributed by atoms with van der Waals surface area (Å²) in [5, 5.41) is 8.63. The number of carbonyl (C=O) groups is 3. The third kappa shape index (κ3) is 3.02. The van der Waals surface area contributed by atoms with Crippen molar-refractivity contribution in [2.75, 3.05) is 4.90 Å². The molecule has 2 aromatic carbocycles. The molecule has 23 heavy (non-hydrogen) atoms. The molecular formula is C17H11NO4S. The topological polar surface area (TPSA) is 74.7 Å². The second-order valence-electron chi connectivity index (χ2n) is 4.78. The van der Waals surface area contributed by atoms with Gasteiger partial charge >= 0.3 is 5.97 Å². The van der Waals surface area contributed by atoms with E-state index in [0.29, 0.717) is 11.3 Å². The lowest BCUT2D eigenvalue weighted by Crippen LogP contribution is -2.27. The SMILES string of the molecule is O=C(O)c1cccc(/C=C2/SC(=O)N(c3ccccc3)C2=O)c1. The van der Waals surface area contributed by atoms with Gasteiger partial charge in [-0.1, -0.05) is 30.3 Å². The number of para-hydroxylation sites is 1. The van der Waals surface area contributed by atoms with Crippen LogP contribution in [0.15, 0.2) is 59.5 Å². The third-order valence-electron chi connectivity index (χ3n) is 3.24. The summed E-state index contributed by atoms with van der Waals surface area (Å²) in [5.74, 6) is -1.45. The van der Waals surface area contributed by atoms with Crippen molar-refractivity contribution in [3.63, 3.8) is 0 Å². The van der Waals surface area contributed by atoms with Crippen molar-refractivity contribution in [3.05, 3.63) is 70.6 Å². The lowest BCUT2D eigenvalue weighted by Gasteiger charge is -2.11. The summed E-state index contributed by atoms with van der Waals surface area (Å²) in [4.78, 5) is 36.9. The number of hydrogen-bond donors (Lipinski definition) is 1. The average molecular weight is 325 g/mol. The molecule has 6 heteroatoms. The first-order chi connectivity index (χ1) is 11.1. The van der Waals surface area contributed by atoms with Gasteiger partial charge in [0.15, 0.2) is 0 Å². The van der Waals surface area contributed by atoms with Gasteiger partial charge in [0, 0.05) is 0 Å². The number of benzene rings is 2. The molecule has 114 valence electrons. The highest BCUT2D eigenvalue weighted by atomic mass is 32.2. The number of amides is 2. The summed E-state index contributed by atoms with van der Waals surface area (Å²) in [7, 11) is 0. The van der Waals surface area contributed by atoms with Crippen LogP contribution in [-0.4, -0.2) is 22.2 Å². The second-order valence-corrected chi connectivity index (χ2v) is 5.78. The minimum Gasteiger partial charge on any atom is -0.478 e. The van der Waals surface area contributed by atoms with E-state index in [9.17, 15) is 14.4 Å². The summed E-state index contributed by atoms with van der Waals surface area (Å²) in [5.41, 5.74) is 1.20. The molecule has 0 atom stereocenters. The van der Waals surface area contributed by atoms with E-state index in [-0.39, 0.29) is 15.7 Å². The molecule has 0 bridgehead atoms. The van der Waals surface area contributed by atoms with Crippen molar-refractivity contribution in [1.82, 2.24) is 0 Å². The molecule has 1 aliphatic rings. The van der Waals surface area contributed by atoms with Crippen molar-refractivity contribution in [2.45, 2.75) is 0 Å². The van der Waals surface area contributed by atoms with E-state index in [1.165, 1.54) is 18.2 Å². The van der Waals surface area contributed by atoms with Gasteiger partial charge in [-0.05, 0) is 47.7 Å². The van der Waals surface area contributed by atoms with Crippen LogP contribution in [0.1, 0.15) is 15.9 Å². The number of thioether (sulfide) groups is 1. The molecule has 1 N–H and O–H groups in total. The Morgan fingerprint density at radius 2 is 1.78 bits per heavy atom. The summed E-state index contributed by atoms with van der Waals surface area (Å²) in [6, 6.07) is 14.9. The van der Waals surface area contributed by atoms with Crippen LogP contribution in [0.3, 0.4) is 0 Å². The van der Waals surface area contributed by atoms with E-state index >= 15 is 0 Å². The predicted octanol–water partition coefficient (Wildman–Crippen LogP) is 3.63. The summed E-state index contributed by atoms with van der Waals surface area (Å²) >= 11 is 0.837. The largest absolute Gasteiger partial charge is 0.478 e. The van der Waals surface area contributed by atoms with Gasteiger partial charge in [-0.25, -0.2) is 9.69 Å². The Labute approximate surface area is 136 Å². The van der Waals surface area contributed by atoms with E-state index in [1.807, 2.05) is 0 Å². The van der Waals surface area contributed by atoms with Crippen LogP contribution in [0.4, 0.5) is 10.5 Å². The van der Waals surface area contributed by atoms with Crippen LogP contribution in [0.5, 0.6) is 0 Å². The van der Waals surface area contributed by atoms with Crippen LogP contribution in [-0.2, 0) is 4.79 Å². The van der Waals surface area contributed by atoms with Gasteiger partial charge in [0.2, 0.25) is 0 Å². The molecule has 0 spiro atoms. The summed E-state index contributed by atoms with van der Waals surface area (Å²) < 4.78 is 0. The number of carbonyl (C=O) groups excluding carboxylic acids is 2. The Bertz CT molecular complexity index is 829. The molecule has 0 aliphatic carbocycles. The monoisotopic (exact) mass is 325 g/mol. The molecule has 5 nitrogen and oxygen atoms in total. The standard InChI is InChI=1S/C17H11NO4S/c19-15-14(10-11-5-4-6-12(9-11)16(20)21)23-17(22)18(15)13-7-2-1-3-8-13/h1-10H,(H,20,21)/b14-10+. The first-order valence-corrected chi connectivity index (χ1v) is 7.54. The summed E-state index contributed by atoms with van der Waals surface area (Å²) in [6.07, 6.45) is 1.53. The lowest BCUT2D eigenvalue weighted by atomic mass is 10.1. The van der Waals surface area contributed by atoms with E-state index in [4.69, 9.17) is 5.11 Å². The first kappa shape index (κ1) is 15.1. The van der Waals surface area contributed by atoms with Crippen LogP contribution >= 0.6 is 11.8 Å². The van der Waals surface area contributed by atoms with Gasteiger partial charge in [-0.15, -0.1) is 0 Å². The predicted molar refractivity (Wildman–Crippen MR) is 88.3 cm³/mol. The quantitative estimate of drug-likeness (QED) is 0.872. The minimum absolute atomic E-state index is 0.126. The maximum absolute atomic E-state index is 12.4. The third-order valence-corrected chi connectivity index (χ3v) is 4.11. The van der Waals surface area contributed by atoms with Gasteiger partial charge in [0.1, 0.15) is 0 Å². The molecule has 2 amide bonds. The number of aromatic carboxylic acids is 1. The van der Waals surface area contributed by atoms with Gasteiger partial charge in [-0.3, -0.25) is 9.59 Å². The Balaban J connectivity index is 1.93. The van der Waals surface area contributed by atoms with Crippen molar-refractivity contribution in [1.29, 1.82) is 0 Å². The Hall–Kier alpha value is -2.86. The van der Waals surface area contributed by atoms with Gasteiger partial charge in [0.25, 0.3) is 11.1 Å². The van der Waals surface area contributed by atoms with Crippen molar-refractivity contribution >= 4 is 40.6 Å². The summed E-state index contributed by atoms with van der Waals surface area (Å²) in [6.45, 7) is 0. The maximum Gasteiger partial charge on any atom is 0.335 e. The number of imide groups is 1.